The van der Waals surface area contributed by atoms with Gasteiger partial charge >= 0.3 is 0 Å². The second-order valence-corrected chi connectivity index (χ2v) is 9.44. The first-order chi connectivity index (χ1) is 17.4. The third-order valence-electron chi connectivity index (χ3n) is 6.79. The Bertz CT molecular complexity index is 1150. The van der Waals surface area contributed by atoms with Gasteiger partial charge in [-0.1, -0.05) is 53.7 Å². The molecule has 0 amide bonds. The highest BCUT2D eigenvalue weighted by Gasteiger charge is 2.12. The first-order valence-corrected chi connectivity index (χ1v) is 13.0. The molecule has 1 aromatic heterocycles. The third-order valence-corrected chi connectivity index (χ3v) is 6.79. The zero-order valence-corrected chi connectivity index (χ0v) is 20.5. The Morgan fingerprint density at radius 2 is 1.34 bits per heavy atom. The fourth-order valence-electron chi connectivity index (χ4n) is 4.98. The molecule has 1 saturated heterocycles. The van der Waals surface area contributed by atoms with E-state index >= 15 is 0 Å². The summed E-state index contributed by atoms with van der Waals surface area (Å²) in [5, 5.41) is 24.8. The van der Waals surface area contributed by atoms with Gasteiger partial charge in [0.1, 0.15) is 0 Å². The number of nitrogens with zero attached hydrogens (tertiary/aromatic N) is 4. The summed E-state index contributed by atoms with van der Waals surface area (Å²) in [4.78, 5) is 2.50. The predicted molar refractivity (Wildman–Crippen MR) is 144 cm³/mol. The van der Waals surface area contributed by atoms with Crippen LogP contribution in [0.15, 0.2) is 60.8 Å². The molecular formula is C28H37N7. The molecule has 5 rings (SSSR count). The van der Waals surface area contributed by atoms with E-state index in [4.69, 9.17) is 0 Å². The quantitative estimate of drug-likeness (QED) is 0.398. The van der Waals surface area contributed by atoms with E-state index in [2.05, 4.69) is 92.0 Å². The molecule has 1 aliphatic heterocycles. The number of fused-ring (bicyclic) bond motifs is 2. The highest BCUT2D eigenvalue weighted by atomic mass is 15.4. The lowest BCUT2D eigenvalue weighted by molar-refractivity contribution is 0.257. The highest BCUT2D eigenvalue weighted by Crippen LogP contribution is 2.29. The Morgan fingerprint density at radius 1 is 0.686 bits per heavy atom. The van der Waals surface area contributed by atoms with Crippen molar-refractivity contribution in [2.45, 2.75) is 25.9 Å². The average molecular weight is 472 g/mol. The molecule has 3 N–H and O–H groups in total. The first kappa shape index (κ1) is 23.9. The molecule has 3 aromatic carbocycles. The van der Waals surface area contributed by atoms with Gasteiger partial charge in [-0.25, -0.2) is 4.68 Å². The molecule has 0 radical (unpaired) electrons. The smallest absolute Gasteiger partial charge is 0.0967 e. The molecule has 1 fully saturated rings. The van der Waals surface area contributed by atoms with E-state index in [0.29, 0.717) is 6.54 Å². The summed E-state index contributed by atoms with van der Waals surface area (Å²) in [5.74, 6) is 0. The van der Waals surface area contributed by atoms with E-state index in [1.807, 2.05) is 4.68 Å². The molecule has 7 heteroatoms. The summed E-state index contributed by atoms with van der Waals surface area (Å²) >= 11 is 0. The maximum Gasteiger partial charge on any atom is 0.0967 e. The molecule has 0 bridgehead atoms. The Labute approximate surface area is 207 Å². The Kier molecular flexibility index (Phi) is 8.34. The average Bonchev–Trinajstić information content (AvgIpc) is 3.33. The fraction of sp³-hybridized carbons (Fsp3) is 0.429. The van der Waals surface area contributed by atoms with Crippen LogP contribution in [0.5, 0.6) is 0 Å². The molecule has 1 aliphatic rings. The number of aromatic nitrogens is 3. The van der Waals surface area contributed by atoms with Crippen LogP contribution in [0.4, 0.5) is 0 Å². The summed E-state index contributed by atoms with van der Waals surface area (Å²) in [7, 11) is 0. The SMILES string of the molecule is c1ccc2c(Cn3cc(CN4CCCNCCNCCCNCC4)nn3)c3ccccc3cc2c1. The minimum absolute atomic E-state index is 0.717. The molecule has 35 heavy (non-hydrogen) atoms. The van der Waals surface area contributed by atoms with Gasteiger partial charge in [0.15, 0.2) is 0 Å². The maximum atomic E-state index is 4.55. The van der Waals surface area contributed by atoms with E-state index < -0.39 is 0 Å². The van der Waals surface area contributed by atoms with Crippen LogP contribution in [-0.4, -0.2) is 72.3 Å². The standard InChI is InChI=1S/C28H37N7/c1-3-9-26-23(7-1)19-24-8-2-4-10-27(24)28(26)22-35-21-25(32-33-35)20-34-17-6-13-30-15-14-29-11-5-12-31-16-18-34/h1-4,7-10,19,21,29-31H,5-6,11-18,20,22H2. The van der Waals surface area contributed by atoms with Gasteiger partial charge in [-0.15, -0.1) is 5.10 Å². The molecule has 0 atom stereocenters. The predicted octanol–water partition coefficient (Wildman–Crippen LogP) is 3.00. The normalized spacial score (nSPS) is 17.5. The largest absolute Gasteiger partial charge is 0.315 e. The van der Waals surface area contributed by atoms with Gasteiger partial charge in [0, 0.05) is 32.7 Å². The molecule has 0 spiro atoms. The zero-order chi connectivity index (χ0) is 23.7. The van der Waals surface area contributed by atoms with Crippen LogP contribution in [0.3, 0.4) is 0 Å². The van der Waals surface area contributed by atoms with Crippen LogP contribution in [0.1, 0.15) is 24.1 Å². The molecule has 4 aromatic rings. The number of nitrogens with one attached hydrogen (secondary N) is 3. The lowest BCUT2D eigenvalue weighted by Crippen LogP contribution is -2.36. The zero-order valence-electron chi connectivity index (χ0n) is 20.5. The van der Waals surface area contributed by atoms with Crippen molar-refractivity contribution in [1.29, 1.82) is 0 Å². The molecular weight excluding hydrogens is 434 g/mol. The van der Waals surface area contributed by atoms with Gasteiger partial charge < -0.3 is 16.0 Å². The van der Waals surface area contributed by atoms with Crippen molar-refractivity contribution in [3.05, 3.63) is 72.1 Å². The van der Waals surface area contributed by atoms with Crippen molar-refractivity contribution in [3.8, 4) is 0 Å². The van der Waals surface area contributed by atoms with Crippen LogP contribution in [0.25, 0.3) is 21.5 Å². The van der Waals surface area contributed by atoms with Crippen molar-refractivity contribution in [1.82, 2.24) is 35.8 Å². The molecule has 7 nitrogen and oxygen atoms in total. The van der Waals surface area contributed by atoms with E-state index in [-0.39, 0.29) is 0 Å². The Hall–Kier alpha value is -2.84. The van der Waals surface area contributed by atoms with Crippen molar-refractivity contribution in [2.24, 2.45) is 0 Å². The van der Waals surface area contributed by atoms with E-state index in [1.165, 1.54) is 27.1 Å². The minimum Gasteiger partial charge on any atom is -0.315 e. The van der Waals surface area contributed by atoms with Crippen molar-refractivity contribution in [2.75, 3.05) is 52.4 Å². The Morgan fingerprint density at radius 3 is 2.09 bits per heavy atom. The first-order valence-electron chi connectivity index (χ1n) is 13.0. The fourth-order valence-corrected chi connectivity index (χ4v) is 4.98. The topological polar surface area (TPSA) is 70.0 Å². The van der Waals surface area contributed by atoms with Gasteiger partial charge in [-0.2, -0.15) is 0 Å². The molecule has 2 heterocycles. The van der Waals surface area contributed by atoms with Crippen LogP contribution >= 0.6 is 0 Å². The third kappa shape index (κ3) is 6.44. The Balaban J connectivity index is 1.29. The van der Waals surface area contributed by atoms with Crippen molar-refractivity contribution < 1.29 is 0 Å². The monoisotopic (exact) mass is 471 g/mol. The van der Waals surface area contributed by atoms with Gasteiger partial charge in [-0.3, -0.25) is 4.90 Å². The summed E-state index contributed by atoms with van der Waals surface area (Å²) in [6, 6.07) is 19.5. The minimum atomic E-state index is 0.717. The number of hydrogen-bond acceptors (Lipinski definition) is 6. The lowest BCUT2D eigenvalue weighted by Gasteiger charge is -2.22. The summed E-state index contributed by atoms with van der Waals surface area (Å²) < 4.78 is 2.00. The molecule has 184 valence electrons. The second kappa shape index (κ2) is 12.2. The summed E-state index contributed by atoms with van der Waals surface area (Å²) in [5.41, 5.74) is 2.34. The van der Waals surface area contributed by atoms with Gasteiger partial charge in [0.05, 0.1) is 18.4 Å². The van der Waals surface area contributed by atoms with Gasteiger partial charge in [-0.05, 0) is 72.2 Å². The molecule has 0 aliphatic carbocycles. The molecule has 0 unspecified atom stereocenters. The van der Waals surface area contributed by atoms with Gasteiger partial charge in [0.25, 0.3) is 0 Å². The van der Waals surface area contributed by atoms with E-state index in [1.54, 1.807) is 0 Å². The van der Waals surface area contributed by atoms with Crippen LogP contribution in [0.2, 0.25) is 0 Å². The number of rotatable bonds is 4. The molecule has 0 saturated carbocycles. The summed E-state index contributed by atoms with van der Waals surface area (Å²) in [6.07, 6.45) is 4.42. The highest BCUT2D eigenvalue weighted by molar-refractivity contribution is 6.02. The van der Waals surface area contributed by atoms with Crippen LogP contribution in [0, 0.1) is 0 Å². The number of benzene rings is 3. The van der Waals surface area contributed by atoms with Gasteiger partial charge in [0.2, 0.25) is 0 Å². The van der Waals surface area contributed by atoms with Crippen molar-refractivity contribution >= 4 is 21.5 Å². The second-order valence-electron chi connectivity index (χ2n) is 9.44. The maximum absolute atomic E-state index is 4.55. The van der Waals surface area contributed by atoms with E-state index in [0.717, 1.165) is 77.4 Å². The lowest BCUT2D eigenvalue weighted by atomic mass is 9.97. The van der Waals surface area contributed by atoms with Crippen LogP contribution in [-0.2, 0) is 13.1 Å². The summed E-state index contributed by atoms with van der Waals surface area (Å²) in [6.45, 7) is 9.89. The van der Waals surface area contributed by atoms with Crippen LogP contribution < -0.4 is 16.0 Å². The van der Waals surface area contributed by atoms with Crippen molar-refractivity contribution in [3.63, 3.8) is 0 Å². The number of hydrogen-bond donors (Lipinski definition) is 3. The van der Waals surface area contributed by atoms with E-state index in [9.17, 15) is 0 Å².